The van der Waals surface area contributed by atoms with E-state index in [1.807, 2.05) is 54.7 Å². The van der Waals surface area contributed by atoms with Gasteiger partial charge in [-0.15, -0.1) is 0 Å². The van der Waals surface area contributed by atoms with E-state index in [9.17, 15) is 9.59 Å². The van der Waals surface area contributed by atoms with Gasteiger partial charge in [-0.3, -0.25) is 14.0 Å². The van der Waals surface area contributed by atoms with Crippen LogP contribution in [0.2, 0.25) is 0 Å². The van der Waals surface area contributed by atoms with Crippen molar-refractivity contribution in [1.82, 2.24) is 19.2 Å². The topological polar surface area (TPSA) is 71.1 Å². The summed E-state index contributed by atoms with van der Waals surface area (Å²) in [6.45, 7) is 1.97. The summed E-state index contributed by atoms with van der Waals surface area (Å²) in [6.07, 6.45) is 3.54. The van der Waals surface area contributed by atoms with Crippen LogP contribution in [0.1, 0.15) is 20.9 Å². The molecule has 1 aliphatic rings. The Morgan fingerprint density at radius 2 is 1.64 bits per heavy atom. The fraction of sp³-hybridized carbons (Fsp3) is 0.160. The van der Waals surface area contributed by atoms with Gasteiger partial charge in [0.2, 0.25) is 0 Å². The Bertz CT molecular complexity index is 1460. The monoisotopic (exact) mass is 456 g/mol. The summed E-state index contributed by atoms with van der Waals surface area (Å²) in [5.74, 6) is 0.182. The normalized spacial score (nSPS) is 14.3. The van der Waals surface area contributed by atoms with Crippen molar-refractivity contribution in [3.05, 3.63) is 84.4 Å². The van der Waals surface area contributed by atoms with Crippen LogP contribution in [0.25, 0.3) is 26.4 Å². The highest BCUT2D eigenvalue weighted by molar-refractivity contribution is 7.23. The van der Waals surface area contributed by atoms with Gasteiger partial charge in [-0.25, -0.2) is 4.98 Å². The highest BCUT2D eigenvalue weighted by Gasteiger charge is 2.27. The highest BCUT2D eigenvalue weighted by Crippen LogP contribution is 2.30. The van der Waals surface area contributed by atoms with E-state index in [0.29, 0.717) is 37.5 Å². The molecular weight excluding hydrogens is 436 g/mol. The predicted octanol–water partition coefficient (Wildman–Crippen LogP) is 4.41. The van der Waals surface area contributed by atoms with Crippen LogP contribution in [0.4, 0.5) is 0 Å². The van der Waals surface area contributed by atoms with Crippen molar-refractivity contribution in [3.8, 4) is 11.3 Å². The molecule has 4 heterocycles. The number of thiazole rings is 1. The van der Waals surface area contributed by atoms with Crippen molar-refractivity contribution in [2.75, 3.05) is 26.2 Å². The van der Waals surface area contributed by atoms with Crippen LogP contribution in [0.5, 0.6) is 0 Å². The molecule has 6 rings (SSSR count). The Kier molecular flexibility index (Phi) is 4.73. The molecule has 0 radical (unpaired) electrons. The standard InChI is InChI=1S/C25H20N4O3S/c30-23(27-10-12-28(13-11-27)24(31)21-7-4-14-32-21)18-8-9-20-22(15-18)33-25-26-19(16-29(20)25)17-5-2-1-3-6-17/h1-9,14-16H,10-13H2. The van der Waals surface area contributed by atoms with Gasteiger partial charge in [0.25, 0.3) is 11.8 Å². The van der Waals surface area contributed by atoms with Crippen molar-refractivity contribution < 1.29 is 14.0 Å². The lowest BCUT2D eigenvalue weighted by Gasteiger charge is -2.34. The maximum absolute atomic E-state index is 13.1. The van der Waals surface area contributed by atoms with Crippen LogP contribution in [0.3, 0.4) is 0 Å². The first-order valence-electron chi connectivity index (χ1n) is 10.8. The maximum atomic E-state index is 13.1. The second-order valence-corrected chi connectivity index (χ2v) is 9.00. The SMILES string of the molecule is O=C(c1ccc2c(c1)sc1nc(-c3ccccc3)cn12)N1CCN(C(=O)c2ccco2)CC1. The van der Waals surface area contributed by atoms with Crippen LogP contribution in [0, 0.1) is 0 Å². The fourth-order valence-corrected chi connectivity index (χ4v) is 5.28. The maximum Gasteiger partial charge on any atom is 0.289 e. The molecule has 7 nitrogen and oxygen atoms in total. The van der Waals surface area contributed by atoms with E-state index in [1.165, 1.54) is 6.26 Å². The van der Waals surface area contributed by atoms with Crippen molar-refractivity contribution in [1.29, 1.82) is 0 Å². The van der Waals surface area contributed by atoms with E-state index in [4.69, 9.17) is 9.40 Å². The number of amides is 2. The number of hydrogen-bond acceptors (Lipinski definition) is 5. The van der Waals surface area contributed by atoms with Gasteiger partial charge < -0.3 is 14.2 Å². The number of fused-ring (bicyclic) bond motifs is 3. The highest BCUT2D eigenvalue weighted by atomic mass is 32.1. The first-order chi connectivity index (χ1) is 16.2. The fourth-order valence-electron chi connectivity index (χ4n) is 4.23. The van der Waals surface area contributed by atoms with Gasteiger partial charge in [-0.2, -0.15) is 0 Å². The number of piperazine rings is 1. The third kappa shape index (κ3) is 3.48. The van der Waals surface area contributed by atoms with Gasteiger partial charge in [-0.1, -0.05) is 41.7 Å². The first kappa shape index (κ1) is 19.8. The molecule has 0 N–H and O–H groups in total. The van der Waals surface area contributed by atoms with E-state index < -0.39 is 0 Å². The van der Waals surface area contributed by atoms with Gasteiger partial charge in [0, 0.05) is 43.5 Å². The van der Waals surface area contributed by atoms with Crippen LogP contribution in [-0.2, 0) is 0 Å². The molecule has 33 heavy (non-hydrogen) atoms. The molecule has 0 saturated carbocycles. The summed E-state index contributed by atoms with van der Waals surface area (Å²) in [5, 5.41) is 0. The minimum absolute atomic E-state index is 0.0157. The Morgan fingerprint density at radius 1 is 0.879 bits per heavy atom. The van der Waals surface area contributed by atoms with Gasteiger partial charge in [0.05, 0.1) is 22.2 Å². The number of carbonyl (C=O) groups excluding carboxylic acids is 2. The molecule has 0 bridgehead atoms. The number of carbonyl (C=O) groups is 2. The first-order valence-corrected chi connectivity index (χ1v) is 11.6. The van der Waals surface area contributed by atoms with E-state index in [2.05, 4.69) is 4.40 Å². The van der Waals surface area contributed by atoms with Crippen LogP contribution in [0.15, 0.2) is 77.5 Å². The van der Waals surface area contributed by atoms with Gasteiger partial charge in [-0.05, 0) is 30.3 Å². The Labute approximate surface area is 193 Å². The number of hydrogen-bond donors (Lipinski definition) is 0. The average molecular weight is 457 g/mol. The number of imidazole rings is 1. The molecule has 1 aliphatic heterocycles. The lowest BCUT2D eigenvalue weighted by Crippen LogP contribution is -2.50. The molecular formula is C25H20N4O3S. The zero-order chi connectivity index (χ0) is 22.4. The van der Waals surface area contributed by atoms with Gasteiger partial charge >= 0.3 is 0 Å². The second-order valence-electron chi connectivity index (χ2n) is 7.99. The molecule has 0 unspecified atom stereocenters. The summed E-state index contributed by atoms with van der Waals surface area (Å²) in [7, 11) is 0. The zero-order valence-corrected chi connectivity index (χ0v) is 18.5. The van der Waals surface area contributed by atoms with Crippen molar-refractivity contribution >= 4 is 38.3 Å². The van der Waals surface area contributed by atoms with E-state index in [-0.39, 0.29) is 11.8 Å². The number of aromatic nitrogens is 2. The molecule has 1 fully saturated rings. The molecule has 164 valence electrons. The summed E-state index contributed by atoms with van der Waals surface area (Å²) in [6, 6.07) is 19.3. The number of rotatable bonds is 3. The summed E-state index contributed by atoms with van der Waals surface area (Å²) in [4.78, 5) is 34.8. The molecule has 0 atom stereocenters. The van der Waals surface area contributed by atoms with E-state index in [0.717, 1.165) is 26.4 Å². The van der Waals surface area contributed by atoms with Crippen molar-refractivity contribution in [2.24, 2.45) is 0 Å². The second kappa shape index (κ2) is 7.90. The summed E-state index contributed by atoms with van der Waals surface area (Å²) >= 11 is 1.58. The molecule has 2 amide bonds. The Morgan fingerprint density at radius 3 is 2.36 bits per heavy atom. The minimum atomic E-state index is -0.134. The molecule has 8 heteroatoms. The lowest BCUT2D eigenvalue weighted by atomic mass is 10.1. The quantitative estimate of drug-likeness (QED) is 0.403. The van der Waals surface area contributed by atoms with Crippen molar-refractivity contribution in [3.63, 3.8) is 0 Å². The molecule has 0 spiro atoms. The average Bonchev–Trinajstić information content (AvgIpc) is 3.60. The summed E-state index contributed by atoms with van der Waals surface area (Å²) < 4.78 is 8.31. The van der Waals surface area contributed by atoms with Crippen LogP contribution < -0.4 is 0 Å². The molecule has 3 aromatic heterocycles. The number of furan rings is 1. The smallest absolute Gasteiger partial charge is 0.289 e. The zero-order valence-electron chi connectivity index (χ0n) is 17.7. The number of nitrogens with zero attached hydrogens (tertiary/aromatic N) is 4. The third-order valence-corrected chi connectivity index (χ3v) is 7.01. The molecule has 0 aliphatic carbocycles. The van der Waals surface area contributed by atoms with E-state index in [1.54, 1.807) is 33.3 Å². The van der Waals surface area contributed by atoms with Gasteiger partial charge in [0.15, 0.2) is 10.7 Å². The van der Waals surface area contributed by atoms with Crippen LogP contribution in [-0.4, -0.2) is 57.2 Å². The van der Waals surface area contributed by atoms with E-state index >= 15 is 0 Å². The molecule has 1 saturated heterocycles. The predicted molar refractivity (Wildman–Crippen MR) is 127 cm³/mol. The Balaban J connectivity index is 1.20. The number of benzene rings is 2. The molecule has 2 aromatic carbocycles. The Hall–Kier alpha value is -3.91. The van der Waals surface area contributed by atoms with Gasteiger partial charge in [0.1, 0.15) is 0 Å². The third-order valence-electron chi connectivity index (χ3n) is 6.00. The van der Waals surface area contributed by atoms with Crippen molar-refractivity contribution in [2.45, 2.75) is 0 Å². The summed E-state index contributed by atoms with van der Waals surface area (Å²) in [5.41, 5.74) is 3.71. The minimum Gasteiger partial charge on any atom is -0.459 e. The lowest BCUT2D eigenvalue weighted by molar-refractivity contribution is 0.0518. The largest absolute Gasteiger partial charge is 0.459 e. The molecule has 5 aromatic rings. The van der Waals surface area contributed by atoms with Crippen LogP contribution >= 0.6 is 11.3 Å².